The smallest absolute Gasteiger partial charge is 0.295 e. The van der Waals surface area contributed by atoms with Gasteiger partial charge in [-0.05, 0) is 52.9 Å². The summed E-state index contributed by atoms with van der Waals surface area (Å²) in [6.07, 6.45) is 3.27. The number of pyridine rings is 1. The summed E-state index contributed by atoms with van der Waals surface area (Å²) in [5.41, 5.74) is 2.89. The molecule has 7 heteroatoms. The average molecular weight is 477 g/mol. The van der Waals surface area contributed by atoms with Crippen LogP contribution < -0.4 is 4.74 Å². The van der Waals surface area contributed by atoms with Crippen LogP contribution in [0.1, 0.15) is 48.1 Å². The number of carbonyl (C=O) groups excluding carboxylic acids is 2. The van der Waals surface area contributed by atoms with Crippen LogP contribution in [0.4, 0.5) is 0 Å². The first-order valence-corrected chi connectivity index (χ1v) is 11.3. The molecule has 34 heavy (non-hydrogen) atoms. The number of hydrogen-bond acceptors (Lipinski definition) is 5. The molecule has 0 spiro atoms. The number of ketones is 1. The van der Waals surface area contributed by atoms with E-state index in [9.17, 15) is 14.7 Å². The van der Waals surface area contributed by atoms with Crippen molar-refractivity contribution in [3.63, 3.8) is 0 Å². The number of Topliss-reactive ketones (excluding diaryl/α,β-unsaturated/α-hetero) is 1. The summed E-state index contributed by atoms with van der Waals surface area (Å²) in [6, 6.07) is 15.3. The van der Waals surface area contributed by atoms with Crippen molar-refractivity contribution < 1.29 is 19.4 Å². The van der Waals surface area contributed by atoms with Crippen molar-refractivity contribution in [2.75, 3.05) is 7.11 Å². The van der Waals surface area contributed by atoms with E-state index in [4.69, 9.17) is 16.3 Å². The first kappa shape index (κ1) is 23.5. The zero-order valence-corrected chi connectivity index (χ0v) is 19.9. The van der Waals surface area contributed by atoms with E-state index in [2.05, 4.69) is 18.8 Å². The Morgan fingerprint density at radius 3 is 2.38 bits per heavy atom. The minimum Gasteiger partial charge on any atom is -0.507 e. The third-order valence-corrected chi connectivity index (χ3v) is 6.32. The van der Waals surface area contributed by atoms with E-state index in [0.717, 1.165) is 16.7 Å². The van der Waals surface area contributed by atoms with Crippen LogP contribution in [0, 0.1) is 0 Å². The van der Waals surface area contributed by atoms with Crippen LogP contribution in [0.2, 0.25) is 5.02 Å². The first-order valence-electron chi connectivity index (χ1n) is 10.9. The van der Waals surface area contributed by atoms with Crippen LogP contribution in [0.3, 0.4) is 0 Å². The van der Waals surface area contributed by atoms with E-state index in [1.54, 1.807) is 42.7 Å². The number of hydrogen-bond donors (Lipinski definition) is 1. The van der Waals surface area contributed by atoms with Crippen LogP contribution in [-0.2, 0) is 16.1 Å². The number of aromatic nitrogens is 1. The SMILES string of the molecule is COc1ccc(Cl)c(/C(O)=C2\C(=O)C(=O)N(Cc3ccncc3)C2c2ccc(C(C)C)cc2)c1. The number of ether oxygens (including phenoxy) is 1. The second kappa shape index (κ2) is 9.69. The van der Waals surface area contributed by atoms with Crippen LogP contribution in [-0.4, -0.2) is 33.8 Å². The molecule has 0 saturated carbocycles. The van der Waals surface area contributed by atoms with Gasteiger partial charge in [-0.1, -0.05) is 49.7 Å². The molecule has 4 rings (SSSR count). The maximum absolute atomic E-state index is 13.2. The summed E-state index contributed by atoms with van der Waals surface area (Å²) in [5, 5.41) is 11.5. The molecule has 2 heterocycles. The predicted molar refractivity (Wildman–Crippen MR) is 131 cm³/mol. The lowest BCUT2D eigenvalue weighted by Crippen LogP contribution is -2.29. The molecule has 1 amide bonds. The third-order valence-electron chi connectivity index (χ3n) is 5.99. The van der Waals surface area contributed by atoms with Gasteiger partial charge in [0.25, 0.3) is 11.7 Å². The zero-order chi connectivity index (χ0) is 24.4. The maximum atomic E-state index is 13.2. The predicted octanol–water partition coefficient (Wildman–Crippen LogP) is 5.49. The van der Waals surface area contributed by atoms with Gasteiger partial charge in [-0.15, -0.1) is 0 Å². The van der Waals surface area contributed by atoms with Crippen molar-refractivity contribution in [1.82, 2.24) is 9.88 Å². The fraction of sp³-hybridized carbons (Fsp3) is 0.222. The highest BCUT2D eigenvalue weighted by atomic mass is 35.5. The van der Waals surface area contributed by atoms with Gasteiger partial charge in [0.2, 0.25) is 0 Å². The molecule has 1 fully saturated rings. The Hall–Kier alpha value is -3.64. The number of benzene rings is 2. The van der Waals surface area contributed by atoms with Gasteiger partial charge in [0.05, 0.1) is 23.7 Å². The zero-order valence-electron chi connectivity index (χ0n) is 19.2. The number of likely N-dealkylation sites (tertiary alicyclic amines) is 1. The Morgan fingerprint density at radius 1 is 1.09 bits per heavy atom. The lowest BCUT2D eigenvalue weighted by atomic mass is 9.93. The topological polar surface area (TPSA) is 79.7 Å². The van der Waals surface area contributed by atoms with Crippen molar-refractivity contribution >= 4 is 29.1 Å². The second-order valence-corrected chi connectivity index (χ2v) is 8.86. The molecule has 1 unspecified atom stereocenters. The molecule has 1 aliphatic heterocycles. The standard InChI is InChI=1S/C27H25ClN2O4/c1-16(2)18-4-6-19(7-5-18)24-23(25(31)21-14-20(34-3)8-9-22(21)28)26(32)27(33)30(24)15-17-10-12-29-13-11-17/h4-14,16,24,31H,15H2,1-3H3/b25-23+. The molecule has 0 bridgehead atoms. The lowest BCUT2D eigenvalue weighted by Gasteiger charge is -2.26. The van der Waals surface area contributed by atoms with Crippen molar-refractivity contribution in [1.29, 1.82) is 0 Å². The lowest BCUT2D eigenvalue weighted by molar-refractivity contribution is -0.140. The van der Waals surface area contributed by atoms with Gasteiger partial charge >= 0.3 is 0 Å². The molecular weight excluding hydrogens is 452 g/mol. The van der Waals surface area contributed by atoms with E-state index < -0.39 is 17.7 Å². The summed E-state index contributed by atoms with van der Waals surface area (Å²) < 4.78 is 5.26. The quantitative estimate of drug-likeness (QED) is 0.289. The number of carbonyl (C=O) groups is 2. The molecule has 0 radical (unpaired) electrons. The van der Waals surface area contributed by atoms with Crippen molar-refractivity contribution in [2.24, 2.45) is 0 Å². The van der Waals surface area contributed by atoms with E-state index in [-0.39, 0.29) is 28.5 Å². The van der Waals surface area contributed by atoms with Gasteiger partial charge in [-0.25, -0.2) is 0 Å². The molecule has 1 aromatic heterocycles. The Kier molecular flexibility index (Phi) is 6.70. The fourth-order valence-electron chi connectivity index (χ4n) is 4.10. The number of halogens is 1. The summed E-state index contributed by atoms with van der Waals surface area (Å²) in [4.78, 5) is 31.9. The Labute approximate surface area is 203 Å². The van der Waals surface area contributed by atoms with Crippen molar-refractivity contribution in [2.45, 2.75) is 32.4 Å². The Balaban J connectivity index is 1.89. The molecule has 2 aromatic carbocycles. The van der Waals surface area contributed by atoms with Gasteiger partial charge in [0.15, 0.2) is 0 Å². The van der Waals surface area contributed by atoms with Gasteiger partial charge in [-0.3, -0.25) is 14.6 Å². The van der Waals surface area contributed by atoms with E-state index in [1.807, 2.05) is 24.3 Å². The highest BCUT2D eigenvalue weighted by Gasteiger charge is 2.46. The fourth-order valence-corrected chi connectivity index (χ4v) is 4.30. The number of rotatable bonds is 6. The highest BCUT2D eigenvalue weighted by Crippen LogP contribution is 2.42. The largest absolute Gasteiger partial charge is 0.507 e. The third kappa shape index (κ3) is 4.41. The molecule has 3 aromatic rings. The molecular formula is C27H25ClN2O4. The van der Waals surface area contributed by atoms with E-state index in [0.29, 0.717) is 11.7 Å². The first-order chi connectivity index (χ1) is 16.3. The number of aliphatic hydroxyl groups excluding tert-OH is 1. The van der Waals surface area contributed by atoms with Crippen molar-refractivity contribution in [3.05, 3.63) is 99.8 Å². The maximum Gasteiger partial charge on any atom is 0.295 e. The molecule has 174 valence electrons. The normalized spacial score (nSPS) is 17.4. The minimum atomic E-state index is -0.781. The summed E-state index contributed by atoms with van der Waals surface area (Å²) in [6.45, 7) is 4.37. The second-order valence-electron chi connectivity index (χ2n) is 8.45. The molecule has 1 atom stereocenters. The Morgan fingerprint density at radius 2 is 1.76 bits per heavy atom. The Bertz CT molecular complexity index is 1250. The molecule has 1 aliphatic rings. The molecule has 0 aliphatic carbocycles. The van der Waals surface area contributed by atoms with Gasteiger partial charge in [-0.2, -0.15) is 0 Å². The van der Waals surface area contributed by atoms with Gasteiger partial charge in [0, 0.05) is 24.5 Å². The number of aliphatic hydroxyl groups is 1. The molecule has 1 N–H and O–H groups in total. The summed E-state index contributed by atoms with van der Waals surface area (Å²) >= 11 is 6.36. The van der Waals surface area contributed by atoms with Crippen molar-refractivity contribution in [3.8, 4) is 5.75 Å². The van der Waals surface area contributed by atoms with Crippen LogP contribution in [0.25, 0.3) is 5.76 Å². The number of methoxy groups -OCH3 is 1. The summed E-state index contributed by atoms with van der Waals surface area (Å²) in [5.74, 6) is -0.987. The monoisotopic (exact) mass is 476 g/mol. The highest BCUT2D eigenvalue weighted by molar-refractivity contribution is 6.47. The molecule has 1 saturated heterocycles. The van der Waals surface area contributed by atoms with E-state index >= 15 is 0 Å². The van der Waals surface area contributed by atoms with E-state index in [1.165, 1.54) is 12.0 Å². The van der Waals surface area contributed by atoms with Gasteiger partial charge in [0.1, 0.15) is 11.5 Å². The minimum absolute atomic E-state index is 0.00786. The summed E-state index contributed by atoms with van der Waals surface area (Å²) in [7, 11) is 1.50. The van der Waals surface area contributed by atoms with Crippen LogP contribution >= 0.6 is 11.6 Å². The van der Waals surface area contributed by atoms with Crippen LogP contribution in [0.5, 0.6) is 5.75 Å². The van der Waals surface area contributed by atoms with Gasteiger partial charge < -0.3 is 14.7 Å². The molecule has 6 nitrogen and oxygen atoms in total. The number of nitrogens with zero attached hydrogens (tertiary/aromatic N) is 2. The van der Waals surface area contributed by atoms with Crippen LogP contribution in [0.15, 0.2) is 72.6 Å². The average Bonchev–Trinajstić information content (AvgIpc) is 3.09. The number of amides is 1.